The Morgan fingerprint density at radius 2 is 2.21 bits per heavy atom. The summed E-state index contributed by atoms with van der Waals surface area (Å²) in [6.45, 7) is 3.73. The molecule has 1 saturated heterocycles. The summed E-state index contributed by atoms with van der Waals surface area (Å²) in [5.74, 6) is 0.967. The summed E-state index contributed by atoms with van der Waals surface area (Å²) in [6, 6.07) is 0.518. The molecule has 0 radical (unpaired) electrons. The van der Waals surface area contributed by atoms with E-state index in [0.717, 1.165) is 37.7 Å². The minimum Gasteiger partial charge on any atom is -0.381 e. The van der Waals surface area contributed by atoms with E-state index in [1.54, 1.807) is 0 Å². The largest absolute Gasteiger partial charge is 0.381 e. The molecule has 1 N–H and O–H groups in total. The molecule has 1 aliphatic heterocycles. The van der Waals surface area contributed by atoms with Gasteiger partial charge in [-0.05, 0) is 19.8 Å². The van der Waals surface area contributed by atoms with E-state index in [1.807, 2.05) is 24.7 Å². The van der Waals surface area contributed by atoms with Crippen molar-refractivity contribution in [2.45, 2.75) is 25.8 Å². The van der Waals surface area contributed by atoms with Gasteiger partial charge in [-0.2, -0.15) is 0 Å². The summed E-state index contributed by atoms with van der Waals surface area (Å²) in [5.41, 5.74) is 1.06. The molecule has 2 rings (SSSR count). The monoisotopic (exact) mass is 195 g/mol. The Kier molecular flexibility index (Phi) is 2.72. The molecule has 0 aliphatic carbocycles. The smallest absolute Gasteiger partial charge is 0.202 e. The minimum absolute atomic E-state index is 0.518. The zero-order valence-corrected chi connectivity index (χ0v) is 8.79. The Hall–Kier alpha value is -1.03. The predicted molar refractivity (Wildman–Crippen MR) is 55.4 cm³/mol. The van der Waals surface area contributed by atoms with Crippen LogP contribution in [-0.4, -0.2) is 28.8 Å². The van der Waals surface area contributed by atoms with Crippen molar-refractivity contribution in [3.05, 3.63) is 11.9 Å². The van der Waals surface area contributed by atoms with Crippen LogP contribution >= 0.6 is 0 Å². The van der Waals surface area contributed by atoms with Crippen LogP contribution in [0.5, 0.6) is 0 Å². The molecule has 0 amide bonds. The van der Waals surface area contributed by atoms with Crippen molar-refractivity contribution in [2.75, 3.05) is 18.5 Å². The average molecular weight is 195 g/mol. The van der Waals surface area contributed by atoms with Crippen molar-refractivity contribution in [3.8, 4) is 0 Å². The molecule has 14 heavy (non-hydrogen) atoms. The summed E-state index contributed by atoms with van der Waals surface area (Å²) < 4.78 is 7.34. The van der Waals surface area contributed by atoms with Gasteiger partial charge in [0.15, 0.2) is 0 Å². The second kappa shape index (κ2) is 4.00. The summed E-state index contributed by atoms with van der Waals surface area (Å²) in [5, 5.41) is 3.44. The summed E-state index contributed by atoms with van der Waals surface area (Å²) >= 11 is 0. The molecule has 78 valence electrons. The van der Waals surface area contributed by atoms with Crippen molar-refractivity contribution in [2.24, 2.45) is 7.05 Å². The maximum absolute atomic E-state index is 5.31. The summed E-state index contributed by atoms with van der Waals surface area (Å²) in [7, 11) is 2.02. The standard InChI is InChI=1S/C10H17N3O/c1-8-7-13(2)10(11-8)12-9-3-5-14-6-4-9/h7,9H,3-6H2,1-2H3,(H,11,12). The van der Waals surface area contributed by atoms with Crippen LogP contribution in [0.4, 0.5) is 5.95 Å². The van der Waals surface area contributed by atoms with Crippen LogP contribution in [0.15, 0.2) is 6.20 Å². The number of rotatable bonds is 2. The van der Waals surface area contributed by atoms with Crippen LogP contribution in [0, 0.1) is 6.92 Å². The lowest BCUT2D eigenvalue weighted by Gasteiger charge is -2.23. The topological polar surface area (TPSA) is 39.1 Å². The Morgan fingerprint density at radius 1 is 1.50 bits per heavy atom. The van der Waals surface area contributed by atoms with Crippen molar-refractivity contribution in [1.29, 1.82) is 0 Å². The van der Waals surface area contributed by atoms with Crippen LogP contribution in [-0.2, 0) is 11.8 Å². The Morgan fingerprint density at radius 3 is 2.79 bits per heavy atom. The van der Waals surface area contributed by atoms with E-state index < -0.39 is 0 Å². The molecule has 0 bridgehead atoms. The molecule has 0 unspecified atom stereocenters. The number of ether oxygens (including phenoxy) is 1. The van der Waals surface area contributed by atoms with Gasteiger partial charge < -0.3 is 14.6 Å². The molecule has 1 fully saturated rings. The number of imidazole rings is 1. The number of aryl methyl sites for hydroxylation is 2. The molecule has 4 heteroatoms. The number of nitrogens with zero attached hydrogens (tertiary/aromatic N) is 2. The third-order valence-corrected chi connectivity index (χ3v) is 2.55. The van der Waals surface area contributed by atoms with Crippen LogP contribution < -0.4 is 5.32 Å². The highest BCUT2D eigenvalue weighted by Crippen LogP contribution is 2.13. The molecular weight excluding hydrogens is 178 g/mol. The molecule has 1 aromatic heterocycles. The fourth-order valence-electron chi connectivity index (χ4n) is 1.77. The van der Waals surface area contributed by atoms with Gasteiger partial charge >= 0.3 is 0 Å². The highest BCUT2D eigenvalue weighted by Gasteiger charge is 2.15. The van der Waals surface area contributed by atoms with Crippen LogP contribution in [0.2, 0.25) is 0 Å². The SMILES string of the molecule is Cc1cn(C)c(NC2CCOCC2)n1. The van der Waals surface area contributed by atoms with Crippen LogP contribution in [0.25, 0.3) is 0 Å². The number of hydrogen-bond acceptors (Lipinski definition) is 3. The van der Waals surface area contributed by atoms with E-state index in [1.165, 1.54) is 0 Å². The van der Waals surface area contributed by atoms with E-state index in [-0.39, 0.29) is 0 Å². The summed E-state index contributed by atoms with van der Waals surface area (Å²) in [4.78, 5) is 4.42. The predicted octanol–water partition coefficient (Wildman–Crippen LogP) is 1.32. The van der Waals surface area contributed by atoms with Gasteiger partial charge in [0, 0.05) is 32.5 Å². The van der Waals surface area contributed by atoms with Gasteiger partial charge in [-0.1, -0.05) is 0 Å². The quantitative estimate of drug-likeness (QED) is 0.773. The normalized spacial score (nSPS) is 18.4. The second-order valence-corrected chi connectivity index (χ2v) is 3.85. The summed E-state index contributed by atoms with van der Waals surface area (Å²) in [6.07, 6.45) is 4.18. The van der Waals surface area contributed by atoms with E-state index in [4.69, 9.17) is 4.74 Å². The first-order valence-corrected chi connectivity index (χ1v) is 5.10. The van der Waals surface area contributed by atoms with Gasteiger partial charge in [0.1, 0.15) is 0 Å². The third kappa shape index (κ3) is 2.07. The van der Waals surface area contributed by atoms with Gasteiger partial charge in [-0.3, -0.25) is 0 Å². The molecule has 0 atom stereocenters. The molecule has 0 saturated carbocycles. The van der Waals surface area contributed by atoms with E-state index >= 15 is 0 Å². The minimum atomic E-state index is 0.518. The maximum Gasteiger partial charge on any atom is 0.202 e. The first-order valence-electron chi connectivity index (χ1n) is 5.10. The van der Waals surface area contributed by atoms with Gasteiger partial charge in [-0.25, -0.2) is 4.98 Å². The lowest BCUT2D eigenvalue weighted by Crippen LogP contribution is -2.28. The average Bonchev–Trinajstić information content (AvgIpc) is 2.47. The number of hydrogen-bond donors (Lipinski definition) is 1. The molecule has 2 heterocycles. The number of aromatic nitrogens is 2. The Labute approximate surface area is 84.3 Å². The van der Waals surface area contributed by atoms with Gasteiger partial charge in [0.2, 0.25) is 5.95 Å². The van der Waals surface area contributed by atoms with E-state index in [0.29, 0.717) is 6.04 Å². The lowest BCUT2D eigenvalue weighted by atomic mass is 10.1. The van der Waals surface area contributed by atoms with Crippen molar-refractivity contribution >= 4 is 5.95 Å². The Bertz CT molecular complexity index is 302. The zero-order valence-electron chi connectivity index (χ0n) is 8.79. The molecule has 4 nitrogen and oxygen atoms in total. The van der Waals surface area contributed by atoms with Crippen molar-refractivity contribution < 1.29 is 4.74 Å². The van der Waals surface area contributed by atoms with Gasteiger partial charge in [0.05, 0.1) is 5.69 Å². The first-order chi connectivity index (χ1) is 6.75. The Balaban J connectivity index is 1.98. The van der Waals surface area contributed by atoms with Crippen molar-refractivity contribution in [1.82, 2.24) is 9.55 Å². The zero-order chi connectivity index (χ0) is 9.97. The molecule has 1 aliphatic rings. The van der Waals surface area contributed by atoms with Gasteiger partial charge in [-0.15, -0.1) is 0 Å². The molecule has 1 aromatic rings. The third-order valence-electron chi connectivity index (χ3n) is 2.55. The molecular formula is C10H17N3O. The van der Waals surface area contributed by atoms with Crippen LogP contribution in [0.3, 0.4) is 0 Å². The lowest BCUT2D eigenvalue weighted by molar-refractivity contribution is 0.0902. The van der Waals surface area contributed by atoms with E-state index in [2.05, 4.69) is 10.3 Å². The maximum atomic E-state index is 5.31. The van der Waals surface area contributed by atoms with Crippen molar-refractivity contribution in [3.63, 3.8) is 0 Å². The van der Waals surface area contributed by atoms with E-state index in [9.17, 15) is 0 Å². The molecule has 0 aromatic carbocycles. The number of anilines is 1. The molecule has 0 spiro atoms. The van der Waals surface area contributed by atoms with Gasteiger partial charge in [0.25, 0.3) is 0 Å². The van der Waals surface area contributed by atoms with Crippen LogP contribution in [0.1, 0.15) is 18.5 Å². The fourth-order valence-corrected chi connectivity index (χ4v) is 1.77. The fraction of sp³-hybridized carbons (Fsp3) is 0.700. The first kappa shape index (κ1) is 9.52. The number of nitrogens with one attached hydrogen (secondary N) is 1. The highest BCUT2D eigenvalue weighted by molar-refractivity contribution is 5.29. The highest BCUT2D eigenvalue weighted by atomic mass is 16.5. The second-order valence-electron chi connectivity index (χ2n) is 3.85.